The van der Waals surface area contributed by atoms with E-state index in [1.165, 1.54) is 24.1 Å². The second-order valence-electron chi connectivity index (χ2n) is 5.20. The highest BCUT2D eigenvalue weighted by molar-refractivity contribution is 7.80. The summed E-state index contributed by atoms with van der Waals surface area (Å²) >= 11 is 5.54. The van der Waals surface area contributed by atoms with E-state index in [1.54, 1.807) is 0 Å². The molecule has 1 aromatic rings. The van der Waals surface area contributed by atoms with E-state index in [4.69, 9.17) is 17.0 Å². The summed E-state index contributed by atoms with van der Waals surface area (Å²) in [6.07, 6.45) is 4.97. The second kappa shape index (κ2) is 5.88. The molecule has 102 valence electrons. The molecule has 0 saturated carbocycles. The molecule has 0 aromatic heterocycles. The first kappa shape index (κ1) is 12.9. The number of nitrogens with one attached hydrogen (secondary N) is 1. The summed E-state index contributed by atoms with van der Waals surface area (Å²) in [7, 11) is 0. The van der Waals surface area contributed by atoms with Gasteiger partial charge in [-0.25, -0.2) is 0 Å². The molecule has 0 spiro atoms. The zero-order valence-corrected chi connectivity index (χ0v) is 11.9. The van der Waals surface area contributed by atoms with Crippen molar-refractivity contribution in [3.8, 4) is 0 Å². The number of hydrogen-bond acceptors (Lipinski definition) is 2. The molecule has 1 atom stereocenters. The Morgan fingerprint density at radius 1 is 1.37 bits per heavy atom. The number of hydrogen-bond donors (Lipinski definition) is 1. The Balaban J connectivity index is 1.64. The third-order valence-electron chi connectivity index (χ3n) is 3.86. The van der Waals surface area contributed by atoms with E-state index in [9.17, 15) is 0 Å². The van der Waals surface area contributed by atoms with Crippen molar-refractivity contribution in [3.05, 3.63) is 29.8 Å². The van der Waals surface area contributed by atoms with Crippen LogP contribution in [-0.2, 0) is 11.2 Å². The monoisotopic (exact) mass is 276 g/mol. The fourth-order valence-corrected chi connectivity index (χ4v) is 3.12. The van der Waals surface area contributed by atoms with Gasteiger partial charge in [0.1, 0.15) is 0 Å². The highest BCUT2D eigenvalue weighted by atomic mass is 32.1. The maximum absolute atomic E-state index is 5.62. The van der Waals surface area contributed by atoms with E-state index in [0.717, 1.165) is 37.7 Å². The molecule has 2 aliphatic heterocycles. The molecule has 2 aliphatic rings. The van der Waals surface area contributed by atoms with Crippen molar-refractivity contribution in [1.29, 1.82) is 0 Å². The van der Waals surface area contributed by atoms with Crippen molar-refractivity contribution >= 4 is 23.0 Å². The van der Waals surface area contributed by atoms with Crippen molar-refractivity contribution < 1.29 is 4.74 Å². The smallest absolute Gasteiger partial charge is 0.173 e. The fourth-order valence-electron chi connectivity index (χ4n) is 2.85. The van der Waals surface area contributed by atoms with Crippen LogP contribution in [0.15, 0.2) is 24.3 Å². The number of fused-ring (bicyclic) bond motifs is 1. The highest BCUT2D eigenvalue weighted by Gasteiger charge is 2.21. The summed E-state index contributed by atoms with van der Waals surface area (Å²) in [6, 6.07) is 8.55. The number of nitrogens with zero attached hydrogens (tertiary/aromatic N) is 1. The summed E-state index contributed by atoms with van der Waals surface area (Å²) in [5.74, 6) is 0. The Hall–Kier alpha value is -1.13. The second-order valence-corrected chi connectivity index (χ2v) is 5.59. The average molecular weight is 276 g/mol. The molecule has 4 heteroatoms. The summed E-state index contributed by atoms with van der Waals surface area (Å²) in [5.41, 5.74) is 2.66. The van der Waals surface area contributed by atoms with Crippen LogP contribution >= 0.6 is 12.2 Å². The maximum Gasteiger partial charge on any atom is 0.173 e. The quantitative estimate of drug-likeness (QED) is 0.839. The van der Waals surface area contributed by atoms with E-state index < -0.39 is 0 Å². The number of benzene rings is 1. The van der Waals surface area contributed by atoms with Crippen LogP contribution in [0.1, 0.15) is 24.8 Å². The van der Waals surface area contributed by atoms with Crippen LogP contribution in [0.4, 0.5) is 5.69 Å². The van der Waals surface area contributed by atoms with Gasteiger partial charge in [0.15, 0.2) is 5.11 Å². The molecule has 1 saturated heterocycles. The van der Waals surface area contributed by atoms with Crippen LogP contribution in [0, 0.1) is 0 Å². The predicted molar refractivity (Wildman–Crippen MR) is 81.7 cm³/mol. The molecule has 19 heavy (non-hydrogen) atoms. The molecule has 0 aliphatic carbocycles. The van der Waals surface area contributed by atoms with Gasteiger partial charge in [0.2, 0.25) is 0 Å². The first-order valence-corrected chi connectivity index (χ1v) is 7.50. The molecule has 3 rings (SSSR count). The van der Waals surface area contributed by atoms with Gasteiger partial charge in [-0.1, -0.05) is 18.2 Å². The van der Waals surface area contributed by atoms with Gasteiger partial charge >= 0.3 is 0 Å². The molecule has 0 amide bonds. The minimum absolute atomic E-state index is 0.331. The number of thiocarbonyl (C=S) groups is 1. The van der Waals surface area contributed by atoms with Gasteiger partial charge in [-0.05, 0) is 49.5 Å². The molecule has 1 N–H and O–H groups in total. The minimum atomic E-state index is 0.331. The SMILES string of the molecule is S=C(NCC1CCCO1)N1CCCc2ccccc21. The number of ether oxygens (including phenoxy) is 1. The van der Waals surface area contributed by atoms with Crippen molar-refractivity contribution in [1.82, 2.24) is 5.32 Å². The zero-order chi connectivity index (χ0) is 13.1. The van der Waals surface area contributed by atoms with E-state index in [2.05, 4.69) is 34.5 Å². The average Bonchev–Trinajstić information content (AvgIpc) is 2.97. The Labute approximate surface area is 119 Å². The standard InChI is InChI=1S/C15H20N2OS/c19-15(16-11-13-7-4-10-18-13)17-9-3-6-12-5-1-2-8-14(12)17/h1-2,5,8,13H,3-4,6-7,9-11H2,(H,16,19). The van der Waals surface area contributed by atoms with E-state index >= 15 is 0 Å². The van der Waals surface area contributed by atoms with Crippen LogP contribution in [0.25, 0.3) is 0 Å². The molecule has 0 radical (unpaired) electrons. The van der Waals surface area contributed by atoms with Crippen LogP contribution < -0.4 is 10.2 Å². The molecule has 1 unspecified atom stereocenters. The Bertz CT molecular complexity index is 457. The first-order valence-electron chi connectivity index (χ1n) is 7.09. The Kier molecular flexibility index (Phi) is 3.99. The lowest BCUT2D eigenvalue weighted by atomic mass is 10.0. The van der Waals surface area contributed by atoms with Crippen molar-refractivity contribution in [2.75, 3.05) is 24.6 Å². The molecule has 1 aromatic carbocycles. The summed E-state index contributed by atoms with van der Waals surface area (Å²) in [5, 5.41) is 4.20. The molecule has 3 nitrogen and oxygen atoms in total. The van der Waals surface area contributed by atoms with Gasteiger partial charge in [-0.2, -0.15) is 0 Å². The Morgan fingerprint density at radius 3 is 3.11 bits per heavy atom. The lowest BCUT2D eigenvalue weighted by molar-refractivity contribution is 0.114. The van der Waals surface area contributed by atoms with Crippen LogP contribution in [-0.4, -0.2) is 30.9 Å². The summed E-state index contributed by atoms with van der Waals surface area (Å²) < 4.78 is 5.62. The lowest BCUT2D eigenvalue weighted by Gasteiger charge is -2.32. The van der Waals surface area contributed by atoms with Crippen LogP contribution in [0.5, 0.6) is 0 Å². The molecular formula is C15H20N2OS. The van der Waals surface area contributed by atoms with Crippen LogP contribution in [0.3, 0.4) is 0 Å². The molecule has 0 bridgehead atoms. The van der Waals surface area contributed by atoms with Crippen molar-refractivity contribution in [3.63, 3.8) is 0 Å². The van der Waals surface area contributed by atoms with E-state index in [0.29, 0.717) is 6.10 Å². The lowest BCUT2D eigenvalue weighted by Crippen LogP contribution is -2.44. The number of rotatable bonds is 2. The highest BCUT2D eigenvalue weighted by Crippen LogP contribution is 2.26. The van der Waals surface area contributed by atoms with Gasteiger partial charge < -0.3 is 15.0 Å². The minimum Gasteiger partial charge on any atom is -0.376 e. The number of para-hydroxylation sites is 1. The largest absolute Gasteiger partial charge is 0.376 e. The van der Waals surface area contributed by atoms with Gasteiger partial charge in [-0.15, -0.1) is 0 Å². The van der Waals surface area contributed by atoms with Gasteiger partial charge in [0.25, 0.3) is 0 Å². The fraction of sp³-hybridized carbons (Fsp3) is 0.533. The number of anilines is 1. The molecule has 1 fully saturated rings. The van der Waals surface area contributed by atoms with Crippen LogP contribution in [0.2, 0.25) is 0 Å². The molecular weight excluding hydrogens is 256 g/mol. The van der Waals surface area contributed by atoms with Gasteiger partial charge in [0, 0.05) is 25.4 Å². The maximum atomic E-state index is 5.62. The van der Waals surface area contributed by atoms with Crippen molar-refractivity contribution in [2.45, 2.75) is 31.8 Å². The third kappa shape index (κ3) is 2.90. The van der Waals surface area contributed by atoms with E-state index in [-0.39, 0.29) is 0 Å². The molecule has 2 heterocycles. The third-order valence-corrected chi connectivity index (χ3v) is 4.23. The number of aryl methyl sites for hydroxylation is 1. The first-order chi connectivity index (χ1) is 9.34. The normalized spacial score (nSPS) is 22.1. The predicted octanol–water partition coefficient (Wildman–Crippen LogP) is 2.49. The van der Waals surface area contributed by atoms with Gasteiger partial charge in [-0.3, -0.25) is 0 Å². The summed E-state index contributed by atoms with van der Waals surface area (Å²) in [4.78, 5) is 2.23. The Morgan fingerprint density at radius 2 is 2.26 bits per heavy atom. The topological polar surface area (TPSA) is 24.5 Å². The summed E-state index contributed by atoms with van der Waals surface area (Å²) in [6.45, 7) is 2.73. The van der Waals surface area contributed by atoms with E-state index in [1.807, 2.05) is 0 Å². The zero-order valence-electron chi connectivity index (χ0n) is 11.1. The van der Waals surface area contributed by atoms with Crippen molar-refractivity contribution in [2.24, 2.45) is 0 Å². The van der Waals surface area contributed by atoms with Gasteiger partial charge in [0.05, 0.1) is 6.10 Å².